The molecular weight excluding hydrogens is 266 g/mol. The summed E-state index contributed by atoms with van der Waals surface area (Å²) in [4.78, 5) is 10.9. The summed E-state index contributed by atoms with van der Waals surface area (Å²) in [5.74, 6) is -0.948. The second-order valence-electron chi connectivity index (χ2n) is 2.84. The van der Waals surface area contributed by atoms with Crippen LogP contribution in [0.5, 0.6) is 0 Å². The molecule has 0 aliphatic heterocycles. The molecule has 3 nitrogen and oxygen atoms in total. The van der Waals surface area contributed by atoms with Gasteiger partial charge in [0.15, 0.2) is 0 Å². The van der Waals surface area contributed by atoms with Crippen molar-refractivity contribution in [3.63, 3.8) is 0 Å². The van der Waals surface area contributed by atoms with Crippen LogP contribution in [0.4, 0.5) is 5.69 Å². The Bertz CT molecular complexity index is 521. The van der Waals surface area contributed by atoms with Crippen LogP contribution in [0, 0.1) is 0 Å². The highest BCUT2D eigenvalue weighted by molar-refractivity contribution is 9.11. The number of aromatic carboxylic acids is 1. The Labute approximate surface area is 92.3 Å². The molecule has 1 heterocycles. The highest BCUT2D eigenvalue weighted by atomic mass is 79.9. The van der Waals surface area contributed by atoms with E-state index in [4.69, 9.17) is 10.8 Å². The Kier molecular flexibility index (Phi) is 2.20. The minimum absolute atomic E-state index is 0.260. The summed E-state index contributed by atoms with van der Waals surface area (Å²) in [7, 11) is 0. The van der Waals surface area contributed by atoms with Gasteiger partial charge in [0.2, 0.25) is 0 Å². The van der Waals surface area contributed by atoms with E-state index in [1.54, 1.807) is 6.07 Å². The third-order valence-electron chi connectivity index (χ3n) is 1.84. The molecule has 0 aliphatic rings. The Morgan fingerprint density at radius 1 is 1.43 bits per heavy atom. The summed E-state index contributed by atoms with van der Waals surface area (Å²) in [6.45, 7) is 0. The zero-order chi connectivity index (χ0) is 10.3. The van der Waals surface area contributed by atoms with E-state index in [0.29, 0.717) is 5.69 Å². The maximum Gasteiger partial charge on any atom is 0.337 e. The fourth-order valence-electron chi connectivity index (χ4n) is 1.30. The van der Waals surface area contributed by atoms with Crippen molar-refractivity contribution in [2.45, 2.75) is 0 Å². The Morgan fingerprint density at radius 3 is 2.79 bits per heavy atom. The van der Waals surface area contributed by atoms with Crippen molar-refractivity contribution >= 4 is 49.0 Å². The first-order valence-corrected chi connectivity index (χ1v) is 5.41. The molecule has 2 rings (SSSR count). The summed E-state index contributed by atoms with van der Waals surface area (Å²) < 4.78 is 1.65. The van der Waals surface area contributed by atoms with Gasteiger partial charge < -0.3 is 10.8 Å². The van der Waals surface area contributed by atoms with Gasteiger partial charge in [0.05, 0.1) is 14.0 Å². The average Bonchev–Trinajstić information content (AvgIpc) is 2.42. The molecule has 0 aliphatic carbocycles. The predicted molar refractivity (Wildman–Crippen MR) is 60.9 cm³/mol. The van der Waals surface area contributed by atoms with E-state index >= 15 is 0 Å². The van der Waals surface area contributed by atoms with Gasteiger partial charge >= 0.3 is 5.97 Å². The quantitative estimate of drug-likeness (QED) is 0.784. The fraction of sp³-hybridized carbons (Fsp3) is 0. The summed E-state index contributed by atoms with van der Waals surface area (Å²) in [6.07, 6.45) is 0. The first kappa shape index (κ1) is 9.48. The molecule has 0 radical (unpaired) electrons. The molecule has 0 saturated heterocycles. The van der Waals surface area contributed by atoms with Gasteiger partial charge in [-0.15, -0.1) is 11.3 Å². The number of halogens is 1. The van der Waals surface area contributed by atoms with E-state index in [1.807, 2.05) is 6.07 Å². The van der Waals surface area contributed by atoms with Crippen LogP contribution in [0.25, 0.3) is 10.1 Å². The largest absolute Gasteiger partial charge is 0.478 e. The Balaban J connectivity index is 2.85. The van der Waals surface area contributed by atoms with E-state index in [0.717, 1.165) is 13.9 Å². The lowest BCUT2D eigenvalue weighted by Crippen LogP contribution is -1.97. The lowest BCUT2D eigenvalue weighted by molar-refractivity contribution is 0.0699. The number of benzene rings is 1. The molecule has 72 valence electrons. The maximum absolute atomic E-state index is 10.9. The number of carboxylic acids is 1. The van der Waals surface area contributed by atoms with Crippen LogP contribution in [0.3, 0.4) is 0 Å². The van der Waals surface area contributed by atoms with Crippen molar-refractivity contribution in [2.24, 2.45) is 0 Å². The van der Waals surface area contributed by atoms with Crippen molar-refractivity contribution in [2.75, 3.05) is 5.73 Å². The summed E-state index contributed by atoms with van der Waals surface area (Å²) in [5.41, 5.74) is 6.33. The van der Waals surface area contributed by atoms with Crippen LogP contribution in [-0.4, -0.2) is 11.1 Å². The number of nitrogen functional groups attached to an aromatic ring is 1. The van der Waals surface area contributed by atoms with Crippen LogP contribution < -0.4 is 5.73 Å². The van der Waals surface area contributed by atoms with Gasteiger partial charge in [0.1, 0.15) is 0 Å². The van der Waals surface area contributed by atoms with Crippen LogP contribution >= 0.6 is 27.3 Å². The van der Waals surface area contributed by atoms with Crippen molar-refractivity contribution in [1.82, 2.24) is 0 Å². The van der Waals surface area contributed by atoms with Gasteiger partial charge in [-0.2, -0.15) is 0 Å². The third-order valence-corrected chi connectivity index (χ3v) is 3.53. The van der Waals surface area contributed by atoms with Crippen LogP contribution in [-0.2, 0) is 0 Å². The van der Waals surface area contributed by atoms with Gasteiger partial charge in [-0.3, -0.25) is 0 Å². The molecule has 1 aromatic heterocycles. The average molecular weight is 272 g/mol. The highest BCUT2D eigenvalue weighted by Gasteiger charge is 2.12. The monoisotopic (exact) mass is 271 g/mol. The molecule has 14 heavy (non-hydrogen) atoms. The molecule has 0 unspecified atom stereocenters. The predicted octanol–water partition coefficient (Wildman–Crippen LogP) is 2.94. The van der Waals surface area contributed by atoms with Crippen LogP contribution in [0.15, 0.2) is 22.0 Å². The van der Waals surface area contributed by atoms with Gasteiger partial charge in [-0.25, -0.2) is 4.79 Å². The number of rotatable bonds is 1. The number of hydrogen-bond donors (Lipinski definition) is 2. The first-order chi connectivity index (χ1) is 6.58. The molecule has 0 spiro atoms. The van der Waals surface area contributed by atoms with Gasteiger partial charge in [-0.05, 0) is 39.5 Å². The van der Waals surface area contributed by atoms with E-state index in [-0.39, 0.29) is 5.56 Å². The lowest BCUT2D eigenvalue weighted by Gasteiger charge is -1.98. The van der Waals surface area contributed by atoms with Crippen LogP contribution in [0.2, 0.25) is 0 Å². The maximum atomic E-state index is 10.9. The summed E-state index contributed by atoms with van der Waals surface area (Å²) in [5, 5.41) is 9.81. The van der Waals surface area contributed by atoms with E-state index in [2.05, 4.69) is 15.9 Å². The van der Waals surface area contributed by atoms with Crippen molar-refractivity contribution < 1.29 is 9.90 Å². The number of carbonyl (C=O) groups is 1. The van der Waals surface area contributed by atoms with Crippen LogP contribution in [0.1, 0.15) is 10.4 Å². The molecule has 0 amide bonds. The second kappa shape index (κ2) is 3.25. The molecule has 5 heteroatoms. The number of carboxylic acid groups (broad SMARTS) is 1. The smallest absolute Gasteiger partial charge is 0.337 e. The summed E-state index contributed by atoms with van der Waals surface area (Å²) >= 11 is 4.71. The lowest BCUT2D eigenvalue weighted by atomic mass is 10.1. The molecule has 0 saturated carbocycles. The fourth-order valence-corrected chi connectivity index (χ4v) is 2.91. The third kappa shape index (κ3) is 1.49. The van der Waals surface area contributed by atoms with Crippen molar-refractivity contribution in [3.8, 4) is 0 Å². The Morgan fingerprint density at radius 2 is 2.14 bits per heavy atom. The van der Waals surface area contributed by atoms with E-state index < -0.39 is 5.97 Å². The SMILES string of the molecule is Nc1cc(C(=O)O)c2sc(Br)cc2c1. The first-order valence-electron chi connectivity index (χ1n) is 3.80. The van der Waals surface area contributed by atoms with Crippen molar-refractivity contribution in [3.05, 3.63) is 27.5 Å². The Hall–Kier alpha value is -1.07. The minimum atomic E-state index is -0.948. The van der Waals surface area contributed by atoms with Gasteiger partial charge in [-0.1, -0.05) is 0 Å². The van der Waals surface area contributed by atoms with Gasteiger partial charge in [0, 0.05) is 5.69 Å². The number of fused-ring (bicyclic) bond motifs is 1. The topological polar surface area (TPSA) is 63.3 Å². The van der Waals surface area contributed by atoms with E-state index in [1.165, 1.54) is 17.4 Å². The molecule has 2 aromatic rings. The zero-order valence-electron chi connectivity index (χ0n) is 6.95. The summed E-state index contributed by atoms with van der Waals surface area (Å²) in [6, 6.07) is 5.11. The number of nitrogens with two attached hydrogens (primary N) is 1. The van der Waals surface area contributed by atoms with Crippen molar-refractivity contribution in [1.29, 1.82) is 0 Å². The molecule has 1 aromatic carbocycles. The van der Waals surface area contributed by atoms with E-state index in [9.17, 15) is 4.79 Å². The molecular formula is C9H6BrNO2S. The molecule has 0 fully saturated rings. The highest BCUT2D eigenvalue weighted by Crippen LogP contribution is 2.33. The number of anilines is 1. The number of hydrogen-bond acceptors (Lipinski definition) is 3. The molecule has 0 atom stereocenters. The minimum Gasteiger partial charge on any atom is -0.478 e. The molecule has 0 bridgehead atoms. The number of thiophene rings is 1. The zero-order valence-corrected chi connectivity index (χ0v) is 9.35. The normalized spacial score (nSPS) is 10.6. The second-order valence-corrected chi connectivity index (χ2v) is 5.27. The van der Waals surface area contributed by atoms with Gasteiger partial charge in [0.25, 0.3) is 0 Å². The standard InChI is InChI=1S/C9H6BrNO2S/c10-7-2-4-1-5(11)3-6(9(12)13)8(4)14-7/h1-3H,11H2,(H,12,13). The molecule has 3 N–H and O–H groups in total.